The summed E-state index contributed by atoms with van der Waals surface area (Å²) in [7, 11) is -2.46. The number of amides is 1. The van der Waals surface area contributed by atoms with Gasteiger partial charge in [0.05, 0.1) is 12.0 Å². The molecule has 2 aliphatic rings. The van der Waals surface area contributed by atoms with E-state index in [-0.39, 0.29) is 23.9 Å². The van der Waals surface area contributed by atoms with Gasteiger partial charge in [0.1, 0.15) is 11.9 Å². The highest BCUT2D eigenvalue weighted by Crippen LogP contribution is 2.35. The van der Waals surface area contributed by atoms with E-state index < -0.39 is 33.8 Å². The topological polar surface area (TPSA) is 84.0 Å². The van der Waals surface area contributed by atoms with Crippen LogP contribution in [0, 0.1) is 11.7 Å². The minimum atomic E-state index is -3.76. The lowest BCUT2D eigenvalue weighted by atomic mass is 9.96. The zero-order valence-electron chi connectivity index (χ0n) is 17.0. The van der Waals surface area contributed by atoms with Gasteiger partial charge in [0, 0.05) is 31.1 Å². The van der Waals surface area contributed by atoms with Crippen molar-refractivity contribution >= 4 is 27.6 Å². The van der Waals surface area contributed by atoms with Crippen LogP contribution in [0.3, 0.4) is 0 Å². The lowest BCUT2D eigenvalue weighted by Crippen LogP contribution is -2.49. The Morgan fingerprint density at radius 2 is 1.68 bits per heavy atom. The minimum absolute atomic E-state index is 0.0258. The minimum Gasteiger partial charge on any atom is -0.467 e. The van der Waals surface area contributed by atoms with Gasteiger partial charge in [-0.05, 0) is 48.7 Å². The van der Waals surface area contributed by atoms with Crippen LogP contribution in [0.25, 0.3) is 0 Å². The van der Waals surface area contributed by atoms with Gasteiger partial charge in [-0.25, -0.2) is 17.6 Å². The molecule has 2 heterocycles. The van der Waals surface area contributed by atoms with Crippen LogP contribution in [0.5, 0.6) is 0 Å². The maximum absolute atomic E-state index is 13.4. The van der Waals surface area contributed by atoms with Gasteiger partial charge in [-0.3, -0.25) is 9.69 Å². The molecule has 0 saturated carbocycles. The van der Waals surface area contributed by atoms with Crippen molar-refractivity contribution in [3.8, 4) is 0 Å². The summed E-state index contributed by atoms with van der Waals surface area (Å²) in [6.45, 7) is 0.350. The fourth-order valence-electron chi connectivity index (χ4n) is 4.28. The number of methoxy groups -OCH3 is 1. The average Bonchev–Trinajstić information content (AvgIpc) is 3.18. The molecule has 0 spiro atoms. The number of esters is 1. The quantitative estimate of drug-likeness (QED) is 0.674. The number of anilines is 1. The van der Waals surface area contributed by atoms with Crippen molar-refractivity contribution in [2.45, 2.75) is 30.2 Å². The molecule has 0 aromatic heterocycles. The van der Waals surface area contributed by atoms with E-state index in [2.05, 4.69) is 0 Å². The molecule has 9 heteroatoms. The first-order valence-corrected chi connectivity index (χ1v) is 11.5. The van der Waals surface area contributed by atoms with E-state index in [1.54, 1.807) is 0 Å². The Bertz CT molecular complexity index is 1100. The molecule has 1 atom stereocenters. The first-order chi connectivity index (χ1) is 14.8. The number of rotatable bonds is 4. The molecule has 0 aliphatic carbocycles. The fourth-order valence-corrected chi connectivity index (χ4v) is 5.75. The molecule has 164 valence electrons. The molecular formula is C22H23FN2O5S. The zero-order chi connectivity index (χ0) is 22.2. The summed E-state index contributed by atoms with van der Waals surface area (Å²) in [5.74, 6) is -1.58. The Kier molecular flexibility index (Phi) is 5.81. The first kappa shape index (κ1) is 21.5. The van der Waals surface area contributed by atoms with E-state index in [0.717, 1.165) is 17.7 Å². The smallest absolute Gasteiger partial charge is 0.329 e. The molecule has 2 aliphatic heterocycles. The lowest BCUT2D eigenvalue weighted by Gasteiger charge is -2.34. The van der Waals surface area contributed by atoms with Gasteiger partial charge < -0.3 is 4.74 Å². The van der Waals surface area contributed by atoms with Crippen LogP contribution in [0.1, 0.15) is 18.4 Å². The number of hydrogen-bond acceptors (Lipinski definition) is 5. The van der Waals surface area contributed by atoms with E-state index >= 15 is 0 Å². The van der Waals surface area contributed by atoms with E-state index in [4.69, 9.17) is 4.74 Å². The van der Waals surface area contributed by atoms with Gasteiger partial charge in [-0.1, -0.05) is 18.2 Å². The van der Waals surface area contributed by atoms with Crippen LogP contribution >= 0.6 is 0 Å². The summed E-state index contributed by atoms with van der Waals surface area (Å²) < 4.78 is 45.0. The maximum atomic E-state index is 13.4. The number of nitrogens with zero attached hydrogens (tertiary/aromatic N) is 2. The Morgan fingerprint density at radius 3 is 2.32 bits per heavy atom. The Labute approximate surface area is 180 Å². The molecule has 1 amide bonds. The van der Waals surface area contributed by atoms with E-state index in [0.29, 0.717) is 24.9 Å². The van der Waals surface area contributed by atoms with Crippen molar-refractivity contribution in [2.75, 3.05) is 25.1 Å². The second kappa shape index (κ2) is 8.39. The van der Waals surface area contributed by atoms with Crippen LogP contribution in [0.2, 0.25) is 0 Å². The standard InChI is InChI=1S/C22H23FN2O5S/c1-30-22(27)20-14-16-4-2-3-5-19(16)25(20)21(26)15-10-12-24(13-11-15)31(28,29)18-8-6-17(23)7-9-18/h2-9,15,20H,10-14H2,1H3. The Balaban J connectivity index is 1.50. The van der Waals surface area contributed by atoms with Crippen LogP contribution in [0.15, 0.2) is 53.4 Å². The average molecular weight is 447 g/mol. The number of piperidine rings is 1. The van der Waals surface area contributed by atoms with Crippen molar-refractivity contribution in [1.29, 1.82) is 0 Å². The van der Waals surface area contributed by atoms with Gasteiger partial charge in [-0.2, -0.15) is 4.31 Å². The number of benzene rings is 2. The predicted octanol–water partition coefficient (Wildman–Crippen LogP) is 2.36. The third-order valence-electron chi connectivity index (χ3n) is 5.94. The Hall–Kier alpha value is -2.78. The summed E-state index contributed by atoms with van der Waals surface area (Å²) in [6, 6.07) is 11.4. The third-order valence-corrected chi connectivity index (χ3v) is 7.85. The molecule has 2 aromatic carbocycles. The van der Waals surface area contributed by atoms with Crippen molar-refractivity contribution in [2.24, 2.45) is 5.92 Å². The summed E-state index contributed by atoms with van der Waals surface area (Å²) in [6.07, 6.45) is 1.07. The number of sulfonamides is 1. The molecule has 1 saturated heterocycles. The lowest BCUT2D eigenvalue weighted by molar-refractivity contribution is -0.143. The molecule has 0 radical (unpaired) electrons. The molecular weight excluding hydrogens is 423 g/mol. The molecule has 1 unspecified atom stereocenters. The largest absolute Gasteiger partial charge is 0.467 e. The summed E-state index contributed by atoms with van der Waals surface area (Å²) in [5.41, 5.74) is 1.60. The van der Waals surface area contributed by atoms with Gasteiger partial charge in [-0.15, -0.1) is 0 Å². The van der Waals surface area contributed by atoms with E-state index in [9.17, 15) is 22.4 Å². The number of halogens is 1. The normalized spacial score (nSPS) is 19.8. The molecule has 7 nitrogen and oxygen atoms in total. The third kappa shape index (κ3) is 3.95. The first-order valence-electron chi connectivity index (χ1n) is 10.1. The van der Waals surface area contributed by atoms with Crippen LogP contribution < -0.4 is 4.90 Å². The SMILES string of the molecule is COC(=O)C1Cc2ccccc2N1C(=O)C1CCN(S(=O)(=O)c2ccc(F)cc2)CC1. The van der Waals surface area contributed by atoms with E-state index in [1.165, 1.54) is 28.4 Å². The van der Waals surface area contributed by atoms with E-state index in [1.807, 2.05) is 24.3 Å². The van der Waals surface area contributed by atoms with Gasteiger partial charge in [0.25, 0.3) is 0 Å². The fraction of sp³-hybridized carbons (Fsp3) is 0.364. The van der Waals surface area contributed by atoms with Crippen LogP contribution in [-0.4, -0.2) is 50.8 Å². The summed E-state index contributed by atoms with van der Waals surface area (Å²) in [5, 5.41) is 0. The second-order valence-electron chi connectivity index (χ2n) is 7.71. The number of carbonyl (C=O) groups excluding carboxylic acids is 2. The second-order valence-corrected chi connectivity index (χ2v) is 9.65. The number of hydrogen-bond donors (Lipinski definition) is 0. The van der Waals surface area contributed by atoms with Crippen molar-refractivity contribution in [3.63, 3.8) is 0 Å². The predicted molar refractivity (Wildman–Crippen MR) is 111 cm³/mol. The highest BCUT2D eigenvalue weighted by Gasteiger charge is 2.42. The van der Waals surface area contributed by atoms with Crippen molar-refractivity contribution < 1.29 is 27.1 Å². The molecule has 31 heavy (non-hydrogen) atoms. The molecule has 1 fully saturated rings. The monoisotopic (exact) mass is 446 g/mol. The summed E-state index contributed by atoms with van der Waals surface area (Å²) in [4.78, 5) is 27.2. The molecule has 0 bridgehead atoms. The number of para-hydroxylation sites is 1. The number of ether oxygens (including phenoxy) is 1. The number of carbonyl (C=O) groups is 2. The van der Waals surface area contributed by atoms with Gasteiger partial charge in [0.2, 0.25) is 15.9 Å². The highest BCUT2D eigenvalue weighted by molar-refractivity contribution is 7.89. The number of fused-ring (bicyclic) bond motifs is 1. The van der Waals surface area contributed by atoms with Crippen LogP contribution in [-0.2, 0) is 30.8 Å². The van der Waals surface area contributed by atoms with Crippen LogP contribution in [0.4, 0.5) is 10.1 Å². The zero-order valence-corrected chi connectivity index (χ0v) is 17.8. The maximum Gasteiger partial charge on any atom is 0.329 e. The van der Waals surface area contributed by atoms with Crippen molar-refractivity contribution in [3.05, 3.63) is 59.9 Å². The van der Waals surface area contributed by atoms with Crippen molar-refractivity contribution in [1.82, 2.24) is 4.31 Å². The molecule has 2 aromatic rings. The van der Waals surface area contributed by atoms with Gasteiger partial charge in [0.15, 0.2) is 0 Å². The molecule has 4 rings (SSSR count). The molecule has 0 N–H and O–H groups in total. The highest BCUT2D eigenvalue weighted by atomic mass is 32.2. The van der Waals surface area contributed by atoms with Gasteiger partial charge >= 0.3 is 5.97 Å². The Morgan fingerprint density at radius 1 is 1.03 bits per heavy atom. The summed E-state index contributed by atoms with van der Waals surface area (Å²) >= 11 is 0.